The molecule has 0 bridgehead atoms. The summed E-state index contributed by atoms with van der Waals surface area (Å²) >= 11 is 9.72. The summed E-state index contributed by atoms with van der Waals surface area (Å²) in [6.07, 6.45) is 8.72. The van der Waals surface area contributed by atoms with Crippen LogP contribution in [-0.4, -0.2) is 22.1 Å². The zero-order valence-electron chi connectivity index (χ0n) is 18.3. The molecule has 4 nitrogen and oxygen atoms in total. The quantitative estimate of drug-likeness (QED) is 0.339. The molecule has 1 aromatic heterocycles. The van der Waals surface area contributed by atoms with Crippen molar-refractivity contribution in [2.45, 2.75) is 63.5 Å². The summed E-state index contributed by atoms with van der Waals surface area (Å²) in [6, 6.07) is 18.7. The second-order valence-corrected chi connectivity index (χ2v) is 9.90. The van der Waals surface area contributed by atoms with Gasteiger partial charge in [0.15, 0.2) is 0 Å². The lowest BCUT2D eigenvalue weighted by atomic mass is 9.86. The number of benzene rings is 2. The molecule has 2 aromatic carbocycles. The topological polar surface area (TPSA) is 47.0 Å². The Labute approximate surface area is 203 Å². The number of ether oxygens (including phenoxy) is 1. The first-order valence-corrected chi connectivity index (χ1v) is 12.5. The highest BCUT2D eigenvalue weighted by atomic mass is 79.9. The number of nitrogens with zero attached hydrogens (tertiary/aromatic N) is 2. The number of hydrogen-bond acceptors (Lipinski definition) is 4. The van der Waals surface area contributed by atoms with E-state index in [0.29, 0.717) is 5.88 Å². The van der Waals surface area contributed by atoms with E-state index in [1.165, 1.54) is 30.4 Å². The number of nitrogens with one attached hydrogen (secondary N) is 1. The van der Waals surface area contributed by atoms with Crippen molar-refractivity contribution >= 4 is 33.3 Å². The maximum Gasteiger partial charge on any atom is 0.218 e. The van der Waals surface area contributed by atoms with Crippen LogP contribution in [0, 0.1) is 0 Å². The number of aromatic nitrogens is 2. The van der Waals surface area contributed by atoms with Crippen LogP contribution in [0.3, 0.4) is 0 Å². The first-order chi connectivity index (χ1) is 15.6. The fraction of sp³-hybridized carbons (Fsp3) is 0.385. The molecule has 1 aliphatic rings. The van der Waals surface area contributed by atoms with Crippen molar-refractivity contribution in [3.63, 3.8) is 0 Å². The third kappa shape index (κ3) is 6.46. The molecule has 1 fully saturated rings. The number of anilines is 1. The number of hydrogen-bond donors (Lipinski definition) is 1. The molecule has 0 aliphatic heterocycles. The van der Waals surface area contributed by atoms with E-state index in [2.05, 4.69) is 74.5 Å². The maximum absolute atomic E-state index is 6.14. The van der Waals surface area contributed by atoms with Gasteiger partial charge in [-0.1, -0.05) is 58.2 Å². The van der Waals surface area contributed by atoms with Gasteiger partial charge in [-0.25, -0.2) is 9.97 Å². The van der Waals surface area contributed by atoms with Gasteiger partial charge in [-0.15, -0.1) is 0 Å². The van der Waals surface area contributed by atoms with Crippen LogP contribution in [0.25, 0.3) is 0 Å². The normalized spacial score (nSPS) is 16.3. The van der Waals surface area contributed by atoms with Gasteiger partial charge in [0.05, 0.1) is 0 Å². The highest BCUT2D eigenvalue weighted by Crippen LogP contribution is 2.30. The Morgan fingerprint density at radius 3 is 2.59 bits per heavy atom. The molecular formula is C26H29BrClN3O. The van der Waals surface area contributed by atoms with E-state index in [1.54, 1.807) is 6.33 Å². The second kappa shape index (κ2) is 11.2. The van der Waals surface area contributed by atoms with E-state index in [0.717, 1.165) is 34.6 Å². The average molecular weight is 515 g/mol. The van der Waals surface area contributed by atoms with Gasteiger partial charge in [-0.3, -0.25) is 0 Å². The lowest BCUT2D eigenvalue weighted by Crippen LogP contribution is -2.27. The van der Waals surface area contributed by atoms with Crippen LogP contribution in [0.1, 0.15) is 56.1 Å². The van der Waals surface area contributed by atoms with Crippen molar-refractivity contribution in [3.8, 4) is 5.88 Å². The zero-order valence-corrected chi connectivity index (χ0v) is 20.6. The maximum atomic E-state index is 6.14. The third-order valence-electron chi connectivity index (χ3n) is 6.11. The minimum Gasteiger partial charge on any atom is -0.474 e. The van der Waals surface area contributed by atoms with Crippen LogP contribution >= 0.6 is 27.5 Å². The van der Waals surface area contributed by atoms with Crippen molar-refractivity contribution in [2.24, 2.45) is 0 Å². The molecule has 0 spiro atoms. The SMILES string of the molecule is C[C@H](Nc1cc(OC2CCCCC2)ncn1)[C@@H](Cc1ccc(Cl)cc1)c1cccc(Br)c1. The minimum atomic E-state index is 0.136. The van der Waals surface area contributed by atoms with Crippen LogP contribution in [-0.2, 0) is 6.42 Å². The van der Waals surface area contributed by atoms with E-state index in [1.807, 2.05) is 18.2 Å². The van der Waals surface area contributed by atoms with Crippen molar-refractivity contribution in [1.29, 1.82) is 0 Å². The molecular weight excluding hydrogens is 486 g/mol. The number of halogens is 2. The lowest BCUT2D eigenvalue weighted by Gasteiger charge is -2.27. The van der Waals surface area contributed by atoms with Crippen molar-refractivity contribution in [3.05, 3.63) is 81.5 Å². The Balaban J connectivity index is 1.51. The molecule has 6 heteroatoms. The Kier molecular flexibility index (Phi) is 8.04. The molecule has 1 heterocycles. The molecule has 1 aliphatic carbocycles. The molecule has 0 radical (unpaired) electrons. The molecule has 0 amide bonds. The van der Waals surface area contributed by atoms with E-state index in [-0.39, 0.29) is 18.1 Å². The molecule has 32 heavy (non-hydrogen) atoms. The monoisotopic (exact) mass is 513 g/mol. The largest absolute Gasteiger partial charge is 0.474 e. The molecule has 1 saturated carbocycles. The minimum absolute atomic E-state index is 0.136. The molecule has 1 N–H and O–H groups in total. The Morgan fingerprint density at radius 1 is 1.06 bits per heavy atom. The van der Waals surface area contributed by atoms with E-state index in [9.17, 15) is 0 Å². The van der Waals surface area contributed by atoms with Gasteiger partial charge in [0.1, 0.15) is 18.2 Å². The summed E-state index contributed by atoms with van der Waals surface area (Å²) in [4.78, 5) is 8.80. The first-order valence-electron chi connectivity index (χ1n) is 11.3. The summed E-state index contributed by atoms with van der Waals surface area (Å²) in [7, 11) is 0. The summed E-state index contributed by atoms with van der Waals surface area (Å²) in [6.45, 7) is 2.20. The van der Waals surface area contributed by atoms with Gasteiger partial charge in [-0.2, -0.15) is 0 Å². The van der Waals surface area contributed by atoms with Crippen LogP contribution in [0.15, 0.2) is 65.4 Å². The Bertz CT molecular complexity index is 1010. The fourth-order valence-corrected chi connectivity index (χ4v) is 4.91. The third-order valence-corrected chi connectivity index (χ3v) is 6.85. The summed E-state index contributed by atoms with van der Waals surface area (Å²) in [5.41, 5.74) is 2.51. The summed E-state index contributed by atoms with van der Waals surface area (Å²) in [5, 5.41) is 4.35. The van der Waals surface area contributed by atoms with Crippen molar-refractivity contribution in [1.82, 2.24) is 9.97 Å². The van der Waals surface area contributed by atoms with Gasteiger partial charge < -0.3 is 10.1 Å². The smallest absolute Gasteiger partial charge is 0.218 e. The predicted molar refractivity (Wildman–Crippen MR) is 135 cm³/mol. The van der Waals surface area contributed by atoms with Crippen molar-refractivity contribution in [2.75, 3.05) is 5.32 Å². The predicted octanol–water partition coefficient (Wildman–Crippen LogP) is 7.43. The number of rotatable bonds is 8. The second-order valence-electron chi connectivity index (χ2n) is 8.54. The van der Waals surface area contributed by atoms with Crippen LogP contribution in [0.5, 0.6) is 5.88 Å². The molecule has 0 unspecified atom stereocenters. The highest BCUT2D eigenvalue weighted by molar-refractivity contribution is 9.10. The highest BCUT2D eigenvalue weighted by Gasteiger charge is 2.22. The molecule has 168 valence electrons. The summed E-state index contributed by atoms with van der Waals surface area (Å²) < 4.78 is 7.21. The van der Waals surface area contributed by atoms with E-state index in [4.69, 9.17) is 16.3 Å². The van der Waals surface area contributed by atoms with Gasteiger partial charge in [0, 0.05) is 27.5 Å². The van der Waals surface area contributed by atoms with E-state index >= 15 is 0 Å². The van der Waals surface area contributed by atoms with Gasteiger partial charge in [0.25, 0.3) is 0 Å². The standard InChI is InChI=1S/C26H29BrClN3O/c1-18(31-25-16-26(30-17-29-25)32-23-8-3-2-4-9-23)24(20-6-5-7-21(27)15-20)14-19-10-12-22(28)13-11-19/h5-7,10-13,15-18,23-24H,2-4,8-9,14H2,1H3,(H,29,30,31)/t18-,24+/m0/s1. The zero-order chi connectivity index (χ0) is 22.3. The fourth-order valence-electron chi connectivity index (χ4n) is 4.37. The molecule has 2 atom stereocenters. The molecule has 3 aromatic rings. The van der Waals surface area contributed by atoms with Crippen molar-refractivity contribution < 1.29 is 4.74 Å². The van der Waals surface area contributed by atoms with Gasteiger partial charge >= 0.3 is 0 Å². The van der Waals surface area contributed by atoms with E-state index < -0.39 is 0 Å². The Morgan fingerprint density at radius 2 is 1.84 bits per heavy atom. The van der Waals surface area contributed by atoms with Gasteiger partial charge in [-0.05, 0) is 74.4 Å². The summed E-state index contributed by atoms with van der Waals surface area (Å²) in [5.74, 6) is 1.68. The first kappa shape index (κ1) is 23.1. The van der Waals surface area contributed by atoms with Crippen LogP contribution in [0.4, 0.5) is 5.82 Å². The van der Waals surface area contributed by atoms with Crippen LogP contribution < -0.4 is 10.1 Å². The molecule has 4 rings (SSSR count). The Hall–Kier alpha value is -2.11. The van der Waals surface area contributed by atoms with Gasteiger partial charge in [0.2, 0.25) is 5.88 Å². The lowest BCUT2D eigenvalue weighted by molar-refractivity contribution is 0.148. The molecule has 0 saturated heterocycles. The van der Waals surface area contributed by atoms with Crippen LogP contribution in [0.2, 0.25) is 5.02 Å². The average Bonchev–Trinajstić information content (AvgIpc) is 2.79.